The highest BCUT2D eigenvalue weighted by molar-refractivity contribution is 7.89. The maximum Gasteiger partial charge on any atom is 0.214 e. The van der Waals surface area contributed by atoms with Gasteiger partial charge in [0.05, 0.1) is 12.4 Å². The summed E-state index contributed by atoms with van der Waals surface area (Å²) < 4.78 is 36.2. The summed E-state index contributed by atoms with van der Waals surface area (Å²) in [6.07, 6.45) is 1.54. The van der Waals surface area contributed by atoms with Crippen LogP contribution in [0.5, 0.6) is 5.75 Å². The largest absolute Gasteiger partial charge is 0.493 e. The molecule has 1 aromatic carbocycles. The maximum absolute atomic E-state index is 11.8. The molecule has 0 saturated carbocycles. The quantitative estimate of drug-likeness (QED) is 0.340. The van der Waals surface area contributed by atoms with Gasteiger partial charge in [-0.1, -0.05) is 12.1 Å². The van der Waals surface area contributed by atoms with E-state index in [4.69, 9.17) is 9.47 Å². The van der Waals surface area contributed by atoms with E-state index in [0.29, 0.717) is 51.8 Å². The third-order valence-electron chi connectivity index (χ3n) is 4.50. The Balaban J connectivity index is 1.83. The van der Waals surface area contributed by atoms with Crippen LogP contribution in [0.25, 0.3) is 0 Å². The lowest BCUT2D eigenvalue weighted by molar-refractivity contribution is 0.171. The molecule has 1 aliphatic rings. The number of aliphatic imine (C=N–C) groups is 1. The average molecular weight is 413 g/mol. The Labute approximate surface area is 168 Å². The van der Waals surface area contributed by atoms with Gasteiger partial charge >= 0.3 is 0 Å². The van der Waals surface area contributed by atoms with Crippen molar-refractivity contribution >= 4 is 16.0 Å². The van der Waals surface area contributed by atoms with E-state index in [9.17, 15) is 8.42 Å². The Morgan fingerprint density at radius 3 is 2.79 bits per heavy atom. The normalized spacial score (nSPS) is 16.9. The monoisotopic (exact) mass is 412 g/mol. The number of nitrogens with zero attached hydrogens (tertiary/aromatic N) is 2. The molecule has 0 aromatic heterocycles. The first-order valence-electron chi connectivity index (χ1n) is 9.60. The van der Waals surface area contributed by atoms with Crippen LogP contribution in [-0.2, 0) is 21.3 Å². The fraction of sp³-hybridized carbons (Fsp3) is 0.632. The van der Waals surface area contributed by atoms with Crippen LogP contribution in [0.4, 0.5) is 0 Å². The molecular formula is C19H32N4O4S. The number of methoxy groups -OCH3 is 1. The second-order valence-electron chi connectivity index (χ2n) is 6.73. The molecule has 1 aliphatic heterocycles. The second-order valence-corrected chi connectivity index (χ2v) is 8.82. The molecule has 1 saturated heterocycles. The van der Waals surface area contributed by atoms with Crippen LogP contribution in [-0.4, -0.2) is 71.4 Å². The van der Waals surface area contributed by atoms with Gasteiger partial charge in [0.15, 0.2) is 5.96 Å². The van der Waals surface area contributed by atoms with Gasteiger partial charge in [0.2, 0.25) is 10.0 Å². The van der Waals surface area contributed by atoms with Crippen LogP contribution in [0, 0.1) is 6.92 Å². The summed E-state index contributed by atoms with van der Waals surface area (Å²) in [4.78, 5) is 4.21. The maximum atomic E-state index is 11.8. The lowest BCUT2D eigenvalue weighted by atomic mass is 10.1. The molecule has 1 heterocycles. The number of ether oxygens (including phenoxy) is 2. The molecule has 0 radical (unpaired) electrons. The predicted molar refractivity (Wildman–Crippen MR) is 111 cm³/mol. The molecule has 1 aromatic rings. The molecule has 0 bridgehead atoms. The van der Waals surface area contributed by atoms with E-state index in [2.05, 4.69) is 15.6 Å². The summed E-state index contributed by atoms with van der Waals surface area (Å²) in [7, 11) is 0.312. The molecule has 0 spiro atoms. The highest BCUT2D eigenvalue weighted by Crippen LogP contribution is 2.20. The summed E-state index contributed by atoms with van der Waals surface area (Å²) in [5.41, 5.74) is 2.17. The van der Waals surface area contributed by atoms with Gasteiger partial charge in [-0.05, 0) is 25.0 Å². The average Bonchev–Trinajstić information content (AvgIpc) is 3.01. The number of hydrogen-bond donors (Lipinski definition) is 2. The fourth-order valence-electron chi connectivity index (χ4n) is 2.97. The van der Waals surface area contributed by atoms with Gasteiger partial charge in [0.1, 0.15) is 5.75 Å². The predicted octanol–water partition coefficient (Wildman–Crippen LogP) is 1.11. The molecule has 0 aliphatic carbocycles. The van der Waals surface area contributed by atoms with Crippen molar-refractivity contribution in [1.29, 1.82) is 0 Å². The Bertz CT molecular complexity index is 752. The molecule has 0 atom stereocenters. The second kappa shape index (κ2) is 11.2. The summed E-state index contributed by atoms with van der Waals surface area (Å²) in [6.45, 7) is 5.41. The number of guanidine groups is 1. The zero-order chi connectivity index (χ0) is 20.4. The summed E-state index contributed by atoms with van der Waals surface area (Å²) in [5.74, 6) is 1.73. The highest BCUT2D eigenvalue weighted by Gasteiger charge is 2.27. The Hall–Kier alpha value is -1.84. The highest BCUT2D eigenvalue weighted by atomic mass is 32.2. The van der Waals surface area contributed by atoms with E-state index in [1.807, 2.05) is 25.1 Å². The molecule has 2 N–H and O–H groups in total. The molecule has 158 valence electrons. The zero-order valence-electron chi connectivity index (χ0n) is 17.0. The minimum absolute atomic E-state index is 0.251. The fourth-order valence-corrected chi connectivity index (χ4v) is 4.50. The van der Waals surface area contributed by atoms with Crippen LogP contribution in [0.15, 0.2) is 23.2 Å². The van der Waals surface area contributed by atoms with E-state index >= 15 is 0 Å². The minimum atomic E-state index is -3.06. The van der Waals surface area contributed by atoms with E-state index in [0.717, 1.165) is 23.3 Å². The van der Waals surface area contributed by atoms with Gasteiger partial charge < -0.3 is 20.1 Å². The van der Waals surface area contributed by atoms with Crippen molar-refractivity contribution in [3.63, 3.8) is 0 Å². The molecule has 28 heavy (non-hydrogen) atoms. The standard InChI is InChI=1S/C19H32N4O4S/c1-16-6-7-17(18(14-16)27-12-5-11-26-3)15-22-19(20-2)21-8-10-23-9-4-13-28(23,24)25/h6-7,14H,4-5,8-13,15H2,1-3H3,(H2,20,21,22). The lowest BCUT2D eigenvalue weighted by Gasteiger charge is -2.17. The summed E-state index contributed by atoms with van der Waals surface area (Å²) in [6, 6.07) is 6.11. The number of rotatable bonds is 10. The molecule has 0 amide bonds. The molecule has 8 nitrogen and oxygen atoms in total. The van der Waals surface area contributed by atoms with Crippen molar-refractivity contribution in [3.05, 3.63) is 29.3 Å². The van der Waals surface area contributed by atoms with Crippen LogP contribution in [0.1, 0.15) is 24.0 Å². The first-order chi connectivity index (χ1) is 13.5. The number of hydrogen-bond acceptors (Lipinski definition) is 5. The number of benzene rings is 1. The SMILES string of the molecule is CN=C(NCCN1CCCS1(=O)=O)NCc1ccc(C)cc1OCCCOC. The Morgan fingerprint density at radius 1 is 1.29 bits per heavy atom. The Kier molecular flexibility index (Phi) is 9.01. The van der Waals surface area contributed by atoms with Crippen molar-refractivity contribution < 1.29 is 17.9 Å². The first kappa shape index (κ1) is 22.4. The lowest BCUT2D eigenvalue weighted by Crippen LogP contribution is -2.41. The van der Waals surface area contributed by atoms with Gasteiger partial charge in [-0.25, -0.2) is 12.7 Å². The van der Waals surface area contributed by atoms with Crippen molar-refractivity contribution in [2.75, 3.05) is 52.8 Å². The van der Waals surface area contributed by atoms with E-state index in [1.54, 1.807) is 14.2 Å². The van der Waals surface area contributed by atoms with Crippen molar-refractivity contribution in [1.82, 2.24) is 14.9 Å². The van der Waals surface area contributed by atoms with Crippen LogP contribution in [0.2, 0.25) is 0 Å². The van der Waals surface area contributed by atoms with Crippen LogP contribution in [0.3, 0.4) is 0 Å². The van der Waals surface area contributed by atoms with Gasteiger partial charge in [-0.2, -0.15) is 0 Å². The van der Waals surface area contributed by atoms with E-state index < -0.39 is 10.0 Å². The third-order valence-corrected chi connectivity index (χ3v) is 6.46. The summed E-state index contributed by atoms with van der Waals surface area (Å²) >= 11 is 0. The van der Waals surface area contributed by atoms with Crippen LogP contribution >= 0.6 is 0 Å². The zero-order valence-corrected chi connectivity index (χ0v) is 17.8. The molecule has 2 rings (SSSR count). The summed E-state index contributed by atoms with van der Waals surface area (Å²) in [5, 5.41) is 6.43. The molecular weight excluding hydrogens is 380 g/mol. The van der Waals surface area contributed by atoms with Crippen molar-refractivity contribution in [3.8, 4) is 5.75 Å². The van der Waals surface area contributed by atoms with Crippen molar-refractivity contribution in [2.45, 2.75) is 26.3 Å². The van der Waals surface area contributed by atoms with Gasteiger partial charge in [-0.15, -0.1) is 0 Å². The van der Waals surface area contributed by atoms with Crippen molar-refractivity contribution in [2.24, 2.45) is 4.99 Å². The van der Waals surface area contributed by atoms with Gasteiger partial charge in [0.25, 0.3) is 0 Å². The van der Waals surface area contributed by atoms with Gasteiger partial charge in [-0.3, -0.25) is 4.99 Å². The Morgan fingerprint density at radius 2 is 2.11 bits per heavy atom. The first-order valence-corrected chi connectivity index (χ1v) is 11.2. The molecule has 1 fully saturated rings. The smallest absolute Gasteiger partial charge is 0.214 e. The topological polar surface area (TPSA) is 92.3 Å². The number of nitrogens with one attached hydrogen (secondary N) is 2. The third kappa shape index (κ3) is 6.96. The minimum Gasteiger partial charge on any atom is -0.493 e. The van der Waals surface area contributed by atoms with Crippen LogP contribution < -0.4 is 15.4 Å². The number of aryl methyl sites for hydroxylation is 1. The van der Waals surface area contributed by atoms with Gasteiger partial charge in [0, 0.05) is 58.9 Å². The molecule has 0 unspecified atom stereocenters. The number of sulfonamides is 1. The van der Waals surface area contributed by atoms with E-state index in [-0.39, 0.29) is 5.75 Å². The van der Waals surface area contributed by atoms with E-state index in [1.165, 1.54) is 4.31 Å². The molecule has 9 heteroatoms.